The van der Waals surface area contributed by atoms with Crippen LogP contribution in [-0.2, 0) is 23.9 Å². The fraction of sp³-hybridized carbons (Fsp3) is 0.438. The van der Waals surface area contributed by atoms with Crippen molar-refractivity contribution in [2.45, 2.75) is 63.6 Å². The summed E-state index contributed by atoms with van der Waals surface area (Å²) in [6.45, 7) is 3.29. The van der Waals surface area contributed by atoms with E-state index < -0.39 is 36.2 Å². The maximum atomic E-state index is 13.0. The van der Waals surface area contributed by atoms with E-state index >= 15 is 0 Å². The van der Waals surface area contributed by atoms with E-state index in [0.717, 1.165) is 22.3 Å². The van der Waals surface area contributed by atoms with Crippen LogP contribution in [0.4, 0.5) is 4.79 Å². The zero-order chi connectivity index (χ0) is 30.1. The van der Waals surface area contributed by atoms with Gasteiger partial charge >= 0.3 is 12.1 Å². The van der Waals surface area contributed by atoms with Gasteiger partial charge in [0.25, 0.3) is 0 Å². The molecule has 3 amide bonds. The average molecular weight is 578 g/mol. The Labute approximate surface area is 245 Å². The first kappa shape index (κ1) is 30.8. The molecule has 0 saturated carbocycles. The van der Waals surface area contributed by atoms with Crippen LogP contribution >= 0.6 is 0 Å². The van der Waals surface area contributed by atoms with E-state index in [1.54, 1.807) is 19.9 Å². The van der Waals surface area contributed by atoms with Crippen molar-refractivity contribution >= 4 is 23.9 Å². The van der Waals surface area contributed by atoms with E-state index in [1.807, 2.05) is 42.5 Å². The number of allylic oxidation sites excluding steroid dienone is 2. The van der Waals surface area contributed by atoms with E-state index in [2.05, 4.69) is 28.1 Å². The first-order chi connectivity index (χ1) is 20.3. The van der Waals surface area contributed by atoms with Crippen LogP contribution in [0.2, 0.25) is 0 Å². The summed E-state index contributed by atoms with van der Waals surface area (Å²) >= 11 is 0. The topological polar surface area (TPSA) is 143 Å². The number of cyclic esters (lactones) is 1. The lowest BCUT2D eigenvalue weighted by molar-refractivity contribution is -0.151. The van der Waals surface area contributed by atoms with E-state index in [-0.39, 0.29) is 50.3 Å². The summed E-state index contributed by atoms with van der Waals surface area (Å²) in [7, 11) is 0. The van der Waals surface area contributed by atoms with Gasteiger partial charge in [-0.25, -0.2) is 9.59 Å². The van der Waals surface area contributed by atoms with Crippen molar-refractivity contribution in [1.82, 2.24) is 16.0 Å². The number of nitrogens with one attached hydrogen (secondary N) is 3. The molecule has 1 aliphatic heterocycles. The second-order valence-electron chi connectivity index (χ2n) is 10.9. The van der Waals surface area contributed by atoms with Crippen LogP contribution in [-0.4, -0.2) is 66.9 Å². The Morgan fingerprint density at radius 2 is 1.74 bits per heavy atom. The van der Waals surface area contributed by atoms with Crippen LogP contribution in [0.1, 0.15) is 56.6 Å². The number of carbonyl (C=O) groups excluding carboxylic acids is 4. The quantitative estimate of drug-likeness (QED) is 0.292. The number of carbonyl (C=O) groups is 4. The Bertz CT molecular complexity index is 1270. The number of hydrogen-bond donors (Lipinski definition) is 4. The van der Waals surface area contributed by atoms with Crippen LogP contribution in [0.5, 0.6) is 0 Å². The number of fused-ring (bicyclic) bond motifs is 3. The van der Waals surface area contributed by atoms with Gasteiger partial charge in [-0.15, -0.1) is 0 Å². The standard InChI is InChI=1S/C32H39N3O7/c1-20(18-36)34-29(37)16-22-10-4-3-5-15-28(31(39)42-21(2)17-33-30(22)38)35-32(40)41-19-27-25-13-8-6-11-23(25)24-12-7-9-14-26(24)27/h3-4,6-9,11-14,20-22,27-28,36H,5,10,15-19H2,1-2H3,(H,33,38)(H,34,37)(H,35,40). The number of esters is 1. The summed E-state index contributed by atoms with van der Waals surface area (Å²) in [6.07, 6.45) is 3.22. The van der Waals surface area contributed by atoms with Gasteiger partial charge in [-0.05, 0) is 55.4 Å². The average Bonchev–Trinajstić information content (AvgIpc) is 3.30. The van der Waals surface area contributed by atoms with Gasteiger partial charge < -0.3 is 30.5 Å². The van der Waals surface area contributed by atoms with Gasteiger partial charge in [-0.1, -0.05) is 60.7 Å². The molecule has 10 nitrogen and oxygen atoms in total. The second kappa shape index (κ2) is 14.6. The number of hydrogen-bond acceptors (Lipinski definition) is 7. The third-order valence-electron chi connectivity index (χ3n) is 7.49. The molecule has 1 heterocycles. The summed E-state index contributed by atoms with van der Waals surface area (Å²) < 4.78 is 11.1. The van der Waals surface area contributed by atoms with E-state index in [9.17, 15) is 24.3 Å². The van der Waals surface area contributed by atoms with E-state index in [1.165, 1.54) is 0 Å². The molecule has 1 aliphatic carbocycles. The molecule has 2 aromatic rings. The Balaban J connectivity index is 1.36. The molecule has 4 atom stereocenters. The summed E-state index contributed by atoms with van der Waals surface area (Å²) in [4.78, 5) is 50.9. The number of aliphatic hydroxyl groups excluding tert-OH is 1. The Kier molecular flexibility index (Phi) is 10.7. The summed E-state index contributed by atoms with van der Waals surface area (Å²) in [5, 5.41) is 17.2. The summed E-state index contributed by atoms with van der Waals surface area (Å²) in [5.41, 5.74) is 4.42. The van der Waals surface area contributed by atoms with Gasteiger partial charge in [-0.2, -0.15) is 0 Å². The minimum atomic E-state index is -0.939. The molecule has 0 fully saturated rings. The van der Waals surface area contributed by atoms with Crippen molar-refractivity contribution < 1.29 is 33.8 Å². The molecule has 0 aromatic heterocycles. The molecular weight excluding hydrogens is 538 g/mol. The van der Waals surface area contributed by atoms with Crippen molar-refractivity contribution in [3.05, 3.63) is 71.8 Å². The number of aliphatic hydroxyl groups is 1. The Morgan fingerprint density at radius 3 is 2.40 bits per heavy atom. The van der Waals surface area contributed by atoms with Crippen molar-refractivity contribution in [1.29, 1.82) is 0 Å². The van der Waals surface area contributed by atoms with Gasteiger partial charge in [0.2, 0.25) is 11.8 Å². The first-order valence-corrected chi connectivity index (χ1v) is 14.4. The predicted octanol–water partition coefficient (Wildman–Crippen LogP) is 3.19. The van der Waals surface area contributed by atoms with Crippen LogP contribution in [0.25, 0.3) is 11.1 Å². The zero-order valence-electron chi connectivity index (χ0n) is 24.0. The van der Waals surface area contributed by atoms with Crippen LogP contribution < -0.4 is 16.0 Å². The third-order valence-corrected chi connectivity index (χ3v) is 7.49. The van der Waals surface area contributed by atoms with Gasteiger partial charge in [-0.3, -0.25) is 9.59 Å². The third kappa shape index (κ3) is 7.97. The van der Waals surface area contributed by atoms with Gasteiger partial charge in [0.1, 0.15) is 18.8 Å². The van der Waals surface area contributed by atoms with Crippen molar-refractivity contribution in [3.8, 4) is 11.1 Å². The molecule has 42 heavy (non-hydrogen) atoms. The molecule has 4 unspecified atom stereocenters. The van der Waals surface area contributed by atoms with Crippen LogP contribution in [0.3, 0.4) is 0 Å². The number of alkyl carbamates (subject to hydrolysis) is 1. The zero-order valence-corrected chi connectivity index (χ0v) is 24.0. The molecular formula is C32H39N3O7. The molecule has 4 N–H and O–H groups in total. The lowest BCUT2D eigenvalue weighted by atomic mass is 9.98. The number of benzene rings is 2. The maximum absolute atomic E-state index is 13.0. The minimum Gasteiger partial charge on any atom is -0.459 e. The summed E-state index contributed by atoms with van der Waals surface area (Å²) in [6, 6.07) is 14.7. The Hall–Kier alpha value is -4.18. The fourth-order valence-electron chi connectivity index (χ4n) is 5.27. The van der Waals surface area contributed by atoms with Crippen molar-refractivity contribution in [2.24, 2.45) is 5.92 Å². The molecule has 2 aromatic carbocycles. The van der Waals surface area contributed by atoms with Crippen molar-refractivity contribution in [3.63, 3.8) is 0 Å². The predicted molar refractivity (Wildman–Crippen MR) is 156 cm³/mol. The van der Waals surface area contributed by atoms with Gasteiger partial charge in [0, 0.05) is 18.4 Å². The minimum absolute atomic E-state index is 0.0410. The number of amides is 3. The molecule has 4 rings (SSSR count). The summed E-state index contributed by atoms with van der Waals surface area (Å²) in [5.74, 6) is -2.01. The van der Waals surface area contributed by atoms with Crippen LogP contribution in [0, 0.1) is 5.92 Å². The van der Waals surface area contributed by atoms with E-state index in [0.29, 0.717) is 12.8 Å². The van der Waals surface area contributed by atoms with Gasteiger partial charge in [0.15, 0.2) is 0 Å². The lowest BCUT2D eigenvalue weighted by Crippen LogP contribution is -2.45. The smallest absolute Gasteiger partial charge is 0.407 e. The van der Waals surface area contributed by atoms with E-state index in [4.69, 9.17) is 9.47 Å². The van der Waals surface area contributed by atoms with Gasteiger partial charge in [0.05, 0.1) is 19.1 Å². The SMILES string of the molecule is CC(CO)NC(=O)CC1CC=CCCC(NC(=O)OCC2c3ccccc3-c3ccccc32)C(=O)OC(C)CNC1=O. The fourth-order valence-corrected chi connectivity index (χ4v) is 5.27. The highest BCUT2D eigenvalue weighted by molar-refractivity contribution is 5.86. The maximum Gasteiger partial charge on any atom is 0.407 e. The largest absolute Gasteiger partial charge is 0.459 e. The molecule has 0 bridgehead atoms. The number of rotatable bonds is 7. The first-order valence-electron chi connectivity index (χ1n) is 14.4. The number of ether oxygens (including phenoxy) is 2. The highest BCUT2D eigenvalue weighted by Crippen LogP contribution is 2.44. The normalized spacial score (nSPS) is 21.7. The lowest BCUT2D eigenvalue weighted by Gasteiger charge is -2.21. The highest BCUT2D eigenvalue weighted by atomic mass is 16.6. The van der Waals surface area contributed by atoms with Crippen LogP contribution in [0.15, 0.2) is 60.7 Å². The second-order valence-corrected chi connectivity index (χ2v) is 10.9. The molecule has 2 aliphatic rings. The molecule has 0 radical (unpaired) electrons. The highest BCUT2D eigenvalue weighted by Gasteiger charge is 2.30. The van der Waals surface area contributed by atoms with Crippen molar-refractivity contribution in [2.75, 3.05) is 19.8 Å². The molecule has 224 valence electrons. The molecule has 10 heteroatoms. The molecule has 0 saturated heterocycles. The molecule has 0 spiro atoms. The Morgan fingerprint density at radius 1 is 1.07 bits per heavy atom. The monoisotopic (exact) mass is 577 g/mol.